The van der Waals surface area contributed by atoms with Gasteiger partial charge >= 0.3 is 0 Å². The lowest BCUT2D eigenvalue weighted by molar-refractivity contribution is -0.604. The number of carbonyl (C=O) groups excluding carboxylic acids is 1. The fraction of sp³-hybridized carbons (Fsp3) is 0.350. The van der Waals surface area contributed by atoms with E-state index in [9.17, 15) is 10.0 Å². The van der Waals surface area contributed by atoms with Gasteiger partial charge in [-0.05, 0) is 39.2 Å². The number of nitrogens with one attached hydrogen (secondary N) is 1. The molecule has 0 aliphatic heterocycles. The molecule has 0 amide bonds. The Morgan fingerprint density at radius 3 is 2.86 bits per heavy atom. The molecule has 1 aliphatic rings. The molecule has 0 fully saturated rings. The van der Waals surface area contributed by atoms with Gasteiger partial charge in [-0.25, -0.2) is 0 Å². The third-order valence-corrected chi connectivity index (χ3v) is 5.02. The van der Waals surface area contributed by atoms with Gasteiger partial charge in [0.1, 0.15) is 5.69 Å². The Balaban J connectivity index is 1.85. The first-order valence-electron chi connectivity index (χ1n) is 9.41. The van der Waals surface area contributed by atoms with Gasteiger partial charge in [-0.3, -0.25) is 9.48 Å². The third kappa shape index (κ3) is 3.00. The molecule has 0 atom stereocenters. The number of pyridine rings is 1. The van der Waals surface area contributed by atoms with E-state index < -0.39 is 0 Å². The lowest BCUT2D eigenvalue weighted by Crippen LogP contribution is -2.27. The molecule has 3 aromatic rings. The highest BCUT2D eigenvalue weighted by Crippen LogP contribution is 2.41. The Hall–Kier alpha value is -2.97. The number of hydrogen-bond acceptors (Lipinski definition) is 6. The Kier molecular flexibility index (Phi) is 4.74. The Morgan fingerprint density at radius 2 is 2.11 bits per heavy atom. The van der Waals surface area contributed by atoms with Crippen molar-refractivity contribution in [2.24, 2.45) is 5.73 Å². The molecule has 0 unspecified atom stereocenters. The molecule has 146 valence electrons. The molecule has 28 heavy (non-hydrogen) atoms. The number of ketones is 1. The van der Waals surface area contributed by atoms with Gasteiger partial charge in [0.2, 0.25) is 0 Å². The van der Waals surface area contributed by atoms with Gasteiger partial charge < -0.3 is 21.2 Å². The molecule has 8 nitrogen and oxygen atoms in total. The van der Waals surface area contributed by atoms with E-state index in [1.165, 1.54) is 12.4 Å². The second-order valence-corrected chi connectivity index (χ2v) is 7.29. The maximum Gasteiger partial charge on any atom is 0.197 e. The molecular weight excluding hydrogens is 356 g/mol. The summed E-state index contributed by atoms with van der Waals surface area (Å²) in [4.78, 5) is 15.4. The smallest absolute Gasteiger partial charge is 0.197 e. The van der Waals surface area contributed by atoms with Gasteiger partial charge in [-0.15, -0.1) is 0 Å². The van der Waals surface area contributed by atoms with Gasteiger partial charge in [-0.1, -0.05) is 0 Å². The van der Waals surface area contributed by atoms with Crippen molar-refractivity contribution in [2.45, 2.75) is 13.0 Å². The standard InChI is InChI=1S/C20H24N6O2/c1-24(2)9-3-8-22-15-4-5-16-18-17(15)20(27)13-6-10-25(28)12-14(13)19(18)23-26(16)11-7-21/h4-6,10,12,22H,3,7-9,11,21H2,1-2H3. The molecule has 2 aromatic heterocycles. The topological polar surface area (TPSA) is 103 Å². The first kappa shape index (κ1) is 18.4. The number of nitrogens with two attached hydrogens (primary N) is 1. The van der Waals surface area contributed by atoms with Crippen LogP contribution in [0.5, 0.6) is 0 Å². The van der Waals surface area contributed by atoms with E-state index in [-0.39, 0.29) is 5.78 Å². The zero-order valence-electron chi connectivity index (χ0n) is 16.1. The van der Waals surface area contributed by atoms with Crippen LogP contribution >= 0.6 is 0 Å². The third-order valence-electron chi connectivity index (χ3n) is 5.02. The highest BCUT2D eigenvalue weighted by Gasteiger charge is 2.32. The molecule has 0 saturated carbocycles. The minimum Gasteiger partial charge on any atom is -0.619 e. The van der Waals surface area contributed by atoms with Crippen molar-refractivity contribution >= 4 is 22.4 Å². The number of rotatable bonds is 7. The number of anilines is 1. The summed E-state index contributed by atoms with van der Waals surface area (Å²) < 4.78 is 2.52. The Bertz CT molecular complexity index is 1060. The summed E-state index contributed by atoms with van der Waals surface area (Å²) >= 11 is 0. The zero-order chi connectivity index (χ0) is 19.8. The van der Waals surface area contributed by atoms with Gasteiger partial charge in [0.05, 0.1) is 23.2 Å². The van der Waals surface area contributed by atoms with Crippen molar-refractivity contribution in [3.05, 3.63) is 46.9 Å². The fourth-order valence-corrected chi connectivity index (χ4v) is 3.75. The van der Waals surface area contributed by atoms with Crippen LogP contribution in [-0.2, 0) is 6.54 Å². The van der Waals surface area contributed by atoms with Crippen LogP contribution in [0.4, 0.5) is 5.69 Å². The van der Waals surface area contributed by atoms with Crippen molar-refractivity contribution in [1.82, 2.24) is 14.7 Å². The quantitative estimate of drug-likeness (QED) is 0.284. The van der Waals surface area contributed by atoms with E-state index in [2.05, 4.69) is 15.3 Å². The molecule has 1 aliphatic carbocycles. The second kappa shape index (κ2) is 7.21. The van der Waals surface area contributed by atoms with Gasteiger partial charge in [-0.2, -0.15) is 9.83 Å². The van der Waals surface area contributed by atoms with Crippen LogP contribution in [-0.4, -0.2) is 54.2 Å². The van der Waals surface area contributed by atoms with Crippen LogP contribution < -0.4 is 15.8 Å². The molecule has 0 bridgehead atoms. The van der Waals surface area contributed by atoms with E-state index in [0.717, 1.165) is 36.1 Å². The molecule has 4 rings (SSSR count). The predicted molar refractivity (Wildman–Crippen MR) is 108 cm³/mol. The van der Waals surface area contributed by atoms with E-state index in [4.69, 9.17) is 5.73 Å². The molecule has 0 radical (unpaired) electrons. The van der Waals surface area contributed by atoms with E-state index in [1.807, 2.05) is 30.9 Å². The largest absolute Gasteiger partial charge is 0.619 e. The van der Waals surface area contributed by atoms with Crippen molar-refractivity contribution in [2.75, 3.05) is 39.0 Å². The molecule has 8 heteroatoms. The van der Waals surface area contributed by atoms with Crippen molar-refractivity contribution in [3.8, 4) is 11.3 Å². The summed E-state index contributed by atoms with van der Waals surface area (Å²) in [6, 6.07) is 5.47. The van der Waals surface area contributed by atoms with Crippen LogP contribution in [0, 0.1) is 5.21 Å². The predicted octanol–water partition coefficient (Wildman–Crippen LogP) is 1.20. The van der Waals surface area contributed by atoms with E-state index in [0.29, 0.717) is 40.2 Å². The first-order chi connectivity index (χ1) is 13.5. The molecule has 0 spiro atoms. The SMILES string of the molecule is CN(C)CCCNc1ccc2c3c(nn2CCN)-c2c[n+]([O-])ccc2C(=O)c13. The summed E-state index contributed by atoms with van der Waals surface area (Å²) in [5.74, 6) is -0.0869. The lowest BCUT2D eigenvalue weighted by atomic mass is 9.87. The molecule has 0 saturated heterocycles. The number of hydrogen-bond donors (Lipinski definition) is 2. The van der Waals surface area contributed by atoms with Crippen LogP contribution in [0.2, 0.25) is 0 Å². The van der Waals surface area contributed by atoms with Gasteiger partial charge in [0.25, 0.3) is 0 Å². The summed E-state index contributed by atoms with van der Waals surface area (Å²) in [5, 5.41) is 20.7. The molecule has 2 heterocycles. The number of benzene rings is 1. The summed E-state index contributed by atoms with van der Waals surface area (Å²) in [7, 11) is 4.08. The molecule has 1 aromatic carbocycles. The monoisotopic (exact) mass is 380 g/mol. The number of fused-ring (bicyclic) bond motifs is 2. The second-order valence-electron chi connectivity index (χ2n) is 7.29. The number of carbonyl (C=O) groups is 1. The summed E-state index contributed by atoms with van der Waals surface area (Å²) in [5.41, 5.74) is 9.75. The van der Waals surface area contributed by atoms with Crippen molar-refractivity contribution < 1.29 is 9.52 Å². The van der Waals surface area contributed by atoms with Crippen LogP contribution in [0.25, 0.3) is 22.2 Å². The molecular formula is C20H24N6O2. The van der Waals surface area contributed by atoms with Crippen molar-refractivity contribution in [1.29, 1.82) is 0 Å². The summed E-state index contributed by atoms with van der Waals surface area (Å²) in [6.45, 7) is 2.70. The maximum absolute atomic E-state index is 13.3. The van der Waals surface area contributed by atoms with E-state index in [1.54, 1.807) is 6.07 Å². The van der Waals surface area contributed by atoms with Gasteiger partial charge in [0.15, 0.2) is 18.2 Å². The first-order valence-corrected chi connectivity index (χ1v) is 9.41. The normalized spacial score (nSPS) is 12.6. The van der Waals surface area contributed by atoms with Crippen LogP contribution in [0.1, 0.15) is 22.3 Å². The highest BCUT2D eigenvalue weighted by molar-refractivity contribution is 6.27. The highest BCUT2D eigenvalue weighted by atomic mass is 16.5. The Morgan fingerprint density at radius 1 is 1.29 bits per heavy atom. The number of nitrogens with zero attached hydrogens (tertiary/aromatic N) is 4. The Labute approximate surface area is 163 Å². The molecule has 3 N–H and O–H groups in total. The minimum absolute atomic E-state index is 0.0869. The van der Waals surface area contributed by atoms with Crippen LogP contribution in [0.15, 0.2) is 30.6 Å². The van der Waals surface area contributed by atoms with Crippen LogP contribution in [0.3, 0.4) is 0 Å². The number of aromatic nitrogens is 3. The summed E-state index contributed by atoms with van der Waals surface area (Å²) in [6.07, 6.45) is 3.73. The maximum atomic E-state index is 13.3. The average Bonchev–Trinajstić information content (AvgIpc) is 3.03. The van der Waals surface area contributed by atoms with Gasteiger partial charge in [0, 0.05) is 35.8 Å². The van der Waals surface area contributed by atoms with E-state index >= 15 is 0 Å². The fourth-order valence-electron chi connectivity index (χ4n) is 3.75. The minimum atomic E-state index is -0.0869. The lowest BCUT2D eigenvalue weighted by Gasteiger charge is -2.18. The zero-order valence-corrected chi connectivity index (χ0v) is 16.1. The van der Waals surface area contributed by atoms with Crippen molar-refractivity contribution in [3.63, 3.8) is 0 Å². The average molecular weight is 380 g/mol.